The average Bonchev–Trinajstić information content (AvgIpc) is 2.97. The van der Waals surface area contributed by atoms with Gasteiger partial charge in [-0.3, -0.25) is 9.69 Å². The number of rotatable bonds is 12. The molecule has 0 saturated carbocycles. The minimum atomic E-state index is -1.01. The molecule has 0 spiro atoms. The number of carbonyl (C=O) groups is 2. The molecule has 0 aliphatic carbocycles. The van der Waals surface area contributed by atoms with Gasteiger partial charge in [0, 0.05) is 7.11 Å². The first kappa shape index (κ1) is 28.7. The van der Waals surface area contributed by atoms with E-state index in [4.69, 9.17) is 14.2 Å². The average molecular weight is 455 g/mol. The minimum absolute atomic E-state index is 0.0542. The van der Waals surface area contributed by atoms with Crippen molar-refractivity contribution in [2.45, 2.75) is 117 Å². The third-order valence-corrected chi connectivity index (χ3v) is 7.43. The lowest BCUT2D eigenvalue weighted by molar-refractivity contribution is -0.156. The van der Waals surface area contributed by atoms with Crippen LogP contribution in [-0.4, -0.2) is 71.1 Å². The van der Waals surface area contributed by atoms with Gasteiger partial charge in [-0.15, -0.1) is 0 Å². The van der Waals surface area contributed by atoms with Gasteiger partial charge in [0.25, 0.3) is 0 Å². The number of ketones is 1. The van der Waals surface area contributed by atoms with E-state index in [2.05, 4.69) is 18.8 Å². The molecule has 0 saturated heterocycles. The van der Waals surface area contributed by atoms with Crippen molar-refractivity contribution < 1.29 is 23.8 Å². The lowest BCUT2D eigenvalue weighted by Crippen LogP contribution is -2.67. The van der Waals surface area contributed by atoms with E-state index >= 15 is 0 Å². The minimum Gasteiger partial charge on any atom is -0.408 e. The molecule has 0 aromatic heterocycles. The third-order valence-electron chi connectivity index (χ3n) is 7.43. The molecular formula is C25H46N2O5. The fourth-order valence-electron chi connectivity index (χ4n) is 4.02. The van der Waals surface area contributed by atoms with Gasteiger partial charge >= 0.3 is 5.97 Å². The van der Waals surface area contributed by atoms with Crippen LogP contribution < -0.4 is 0 Å². The Labute approximate surface area is 195 Å². The SMILES string of the molecule is CCC(C)C(C)(C1=NC(C)(C)C(=O)O1)N(C)C(C)(C)C(=O)C(C)(C)OCCC(C)(C)OC. The monoisotopic (exact) mass is 454 g/mol. The summed E-state index contributed by atoms with van der Waals surface area (Å²) in [5.41, 5.74) is -3.94. The Balaban J connectivity index is 3.25. The Morgan fingerprint density at radius 3 is 2.09 bits per heavy atom. The molecule has 0 amide bonds. The smallest absolute Gasteiger partial charge is 0.340 e. The first-order chi connectivity index (χ1) is 14.3. The summed E-state index contributed by atoms with van der Waals surface area (Å²) in [5.74, 6) is 0.0165. The van der Waals surface area contributed by atoms with Crippen LogP contribution in [0.5, 0.6) is 0 Å². The Kier molecular flexibility index (Phi) is 8.54. The van der Waals surface area contributed by atoms with Crippen molar-refractivity contribution in [3.05, 3.63) is 0 Å². The Morgan fingerprint density at radius 2 is 1.69 bits per heavy atom. The second-order valence-corrected chi connectivity index (χ2v) is 11.3. The Hall–Kier alpha value is -1.31. The molecule has 0 bridgehead atoms. The maximum absolute atomic E-state index is 13.8. The van der Waals surface area contributed by atoms with Crippen molar-refractivity contribution in [1.82, 2.24) is 4.90 Å². The van der Waals surface area contributed by atoms with Crippen molar-refractivity contribution >= 4 is 17.7 Å². The zero-order valence-electron chi connectivity index (χ0n) is 22.6. The summed E-state index contributed by atoms with van der Waals surface area (Å²) in [6.07, 6.45) is 1.50. The quantitative estimate of drug-likeness (QED) is 0.406. The first-order valence-corrected chi connectivity index (χ1v) is 11.6. The highest BCUT2D eigenvalue weighted by Crippen LogP contribution is 2.39. The number of carbonyl (C=O) groups excluding carboxylic acids is 2. The second-order valence-electron chi connectivity index (χ2n) is 11.3. The fraction of sp³-hybridized carbons (Fsp3) is 0.880. The van der Waals surface area contributed by atoms with E-state index in [1.165, 1.54) is 0 Å². The highest BCUT2D eigenvalue weighted by molar-refractivity contribution is 6.04. The van der Waals surface area contributed by atoms with Crippen LogP contribution in [0.3, 0.4) is 0 Å². The van der Waals surface area contributed by atoms with Crippen LogP contribution in [0.2, 0.25) is 0 Å². The van der Waals surface area contributed by atoms with Crippen LogP contribution in [0.4, 0.5) is 0 Å². The van der Waals surface area contributed by atoms with Gasteiger partial charge in [0.1, 0.15) is 5.60 Å². The molecular weight excluding hydrogens is 408 g/mol. The largest absolute Gasteiger partial charge is 0.408 e. The van der Waals surface area contributed by atoms with Crippen molar-refractivity contribution in [3.8, 4) is 0 Å². The summed E-state index contributed by atoms with van der Waals surface area (Å²) < 4.78 is 17.2. The lowest BCUT2D eigenvalue weighted by Gasteiger charge is -2.50. The molecule has 1 aliphatic heterocycles. The van der Waals surface area contributed by atoms with Gasteiger partial charge in [-0.2, -0.15) is 0 Å². The summed E-state index contributed by atoms with van der Waals surface area (Å²) >= 11 is 0. The number of hydrogen-bond acceptors (Lipinski definition) is 7. The number of Topliss-reactive ketones (excluding diaryl/α,β-unsaturated/α-hetero) is 1. The van der Waals surface area contributed by atoms with Gasteiger partial charge in [0.05, 0.1) is 23.3 Å². The van der Waals surface area contributed by atoms with E-state index in [0.29, 0.717) is 18.9 Å². The van der Waals surface area contributed by atoms with Gasteiger partial charge in [-0.1, -0.05) is 20.3 Å². The number of nitrogens with zero attached hydrogens (tertiary/aromatic N) is 2. The first-order valence-electron chi connectivity index (χ1n) is 11.6. The van der Waals surface area contributed by atoms with Crippen LogP contribution in [0.1, 0.15) is 89.0 Å². The van der Waals surface area contributed by atoms with Gasteiger partial charge in [0.2, 0.25) is 5.90 Å². The molecule has 1 heterocycles. The number of methoxy groups -OCH3 is 1. The molecule has 186 valence electrons. The predicted molar refractivity (Wildman–Crippen MR) is 128 cm³/mol. The third kappa shape index (κ3) is 5.60. The van der Waals surface area contributed by atoms with E-state index in [1.54, 1.807) is 21.0 Å². The summed E-state index contributed by atoms with van der Waals surface area (Å²) in [6, 6.07) is 0. The standard InChI is InChI=1S/C25H46N2O5/c1-14-17(2)25(11,19-26-22(5,6)20(29)32-19)27(12)23(7,8)18(28)24(9,10)31-16-15-21(3,4)30-13/h17H,14-16H2,1-13H3. The van der Waals surface area contributed by atoms with Crippen LogP contribution in [0.25, 0.3) is 0 Å². The number of ether oxygens (including phenoxy) is 3. The number of aliphatic imine (C=N–C) groups is 1. The van der Waals surface area contributed by atoms with Crippen molar-refractivity contribution in [2.75, 3.05) is 20.8 Å². The Bertz CT molecular complexity index is 739. The molecule has 0 fully saturated rings. The van der Waals surface area contributed by atoms with E-state index in [0.717, 1.165) is 6.42 Å². The molecule has 0 aromatic carbocycles. The van der Waals surface area contributed by atoms with E-state index in [1.807, 2.05) is 60.4 Å². The van der Waals surface area contributed by atoms with Gasteiger partial charge < -0.3 is 14.2 Å². The molecule has 1 rings (SSSR count). The fourth-order valence-corrected chi connectivity index (χ4v) is 4.02. The zero-order chi connectivity index (χ0) is 25.3. The summed E-state index contributed by atoms with van der Waals surface area (Å²) in [7, 11) is 3.57. The van der Waals surface area contributed by atoms with Crippen LogP contribution in [0, 0.1) is 5.92 Å². The molecule has 0 aromatic rings. The van der Waals surface area contributed by atoms with Crippen molar-refractivity contribution in [3.63, 3.8) is 0 Å². The topological polar surface area (TPSA) is 77.4 Å². The summed E-state index contributed by atoms with van der Waals surface area (Å²) in [5, 5.41) is 0. The van der Waals surface area contributed by atoms with E-state index in [9.17, 15) is 9.59 Å². The highest BCUT2D eigenvalue weighted by atomic mass is 16.6. The zero-order valence-corrected chi connectivity index (χ0v) is 22.6. The van der Waals surface area contributed by atoms with Gasteiger partial charge in [0.15, 0.2) is 11.3 Å². The van der Waals surface area contributed by atoms with E-state index in [-0.39, 0.29) is 23.3 Å². The molecule has 0 N–H and O–H groups in total. The maximum Gasteiger partial charge on any atom is 0.340 e. The summed E-state index contributed by atoms with van der Waals surface area (Å²) in [6.45, 7) is 21.4. The number of cyclic esters (lactones) is 1. The Morgan fingerprint density at radius 1 is 1.16 bits per heavy atom. The molecule has 0 radical (unpaired) electrons. The number of hydrogen-bond donors (Lipinski definition) is 0. The maximum atomic E-state index is 13.8. The lowest BCUT2D eigenvalue weighted by atomic mass is 9.77. The molecule has 2 atom stereocenters. The van der Waals surface area contributed by atoms with Crippen LogP contribution >= 0.6 is 0 Å². The number of esters is 1. The molecule has 7 nitrogen and oxygen atoms in total. The highest BCUT2D eigenvalue weighted by Gasteiger charge is 2.55. The van der Waals surface area contributed by atoms with Gasteiger partial charge in [-0.05, 0) is 81.7 Å². The predicted octanol–water partition coefficient (Wildman–Crippen LogP) is 4.41. The van der Waals surface area contributed by atoms with Crippen molar-refractivity contribution in [2.24, 2.45) is 10.9 Å². The van der Waals surface area contributed by atoms with E-state index < -0.39 is 22.2 Å². The molecule has 1 aliphatic rings. The molecule has 2 unspecified atom stereocenters. The second kappa shape index (κ2) is 9.51. The van der Waals surface area contributed by atoms with Crippen LogP contribution in [0.15, 0.2) is 4.99 Å². The number of likely N-dealkylation sites (N-methyl/N-ethyl adjacent to an activating group) is 1. The molecule has 7 heteroatoms. The van der Waals surface area contributed by atoms with Gasteiger partial charge in [-0.25, -0.2) is 9.79 Å². The van der Waals surface area contributed by atoms with Crippen molar-refractivity contribution in [1.29, 1.82) is 0 Å². The summed E-state index contributed by atoms with van der Waals surface area (Å²) in [4.78, 5) is 32.8. The normalized spacial score (nSPS) is 20.1. The van der Waals surface area contributed by atoms with Crippen LogP contribution in [-0.2, 0) is 23.8 Å². The molecule has 32 heavy (non-hydrogen) atoms.